The number of hydrogen-bond acceptors (Lipinski definition) is 1. The maximum absolute atomic E-state index is 6.17. The fourth-order valence-electron chi connectivity index (χ4n) is 1.21. The number of benzene rings is 1. The quantitative estimate of drug-likeness (QED) is 0.697. The smallest absolute Gasteiger partial charge is 0.0935 e. The molecule has 2 rings (SSSR count). The largest absolute Gasteiger partial charge is 0.122 e. The Morgan fingerprint density at radius 1 is 1.07 bits per heavy atom. The second-order valence-corrected chi connectivity index (χ2v) is 5.13. The van der Waals surface area contributed by atoms with Crippen LogP contribution in [-0.4, -0.2) is 0 Å². The van der Waals surface area contributed by atoms with Crippen LogP contribution in [0.4, 0.5) is 0 Å². The number of hydrogen-bond donors (Lipinski definition) is 0. The van der Waals surface area contributed by atoms with Crippen LogP contribution in [0.25, 0.3) is 11.1 Å². The predicted molar refractivity (Wildman–Crippen MR) is 69.5 cm³/mol. The summed E-state index contributed by atoms with van der Waals surface area (Å²) >= 11 is 13.5. The molecule has 0 atom stereocenters. The van der Waals surface area contributed by atoms with E-state index in [9.17, 15) is 0 Å². The van der Waals surface area contributed by atoms with E-state index < -0.39 is 0 Å². The highest BCUT2D eigenvalue weighted by atomic mass is 35.5. The highest BCUT2D eigenvalue weighted by Crippen LogP contribution is 2.31. The summed E-state index contributed by atoms with van der Waals surface area (Å²) in [5, 5.41) is 0.720. The summed E-state index contributed by atoms with van der Waals surface area (Å²) in [7, 11) is 0. The zero-order valence-corrected chi connectivity index (χ0v) is 10.1. The molecule has 0 saturated carbocycles. The summed E-state index contributed by atoms with van der Waals surface area (Å²) in [4.78, 5) is 0.991. The summed E-state index contributed by atoms with van der Waals surface area (Å²) in [6, 6.07) is 13.7. The lowest BCUT2D eigenvalue weighted by Gasteiger charge is -1.95. The molecule has 0 aliphatic carbocycles. The molecule has 0 unspecified atom stereocenters. The Balaban J connectivity index is 2.28. The van der Waals surface area contributed by atoms with Crippen molar-refractivity contribution in [2.45, 2.75) is 0 Å². The van der Waals surface area contributed by atoms with Gasteiger partial charge in [-0.3, -0.25) is 0 Å². The van der Waals surface area contributed by atoms with E-state index in [1.807, 2.05) is 48.5 Å². The van der Waals surface area contributed by atoms with Gasteiger partial charge in [-0.25, -0.2) is 0 Å². The third-order valence-corrected chi connectivity index (χ3v) is 3.59. The SMILES string of the molecule is Cl/C(=C\c1ccccc1)c1ccc(Cl)s1. The Bertz CT molecular complexity index is 471. The minimum Gasteiger partial charge on any atom is -0.122 e. The first kappa shape index (κ1) is 10.7. The molecule has 1 aromatic heterocycles. The molecule has 0 saturated heterocycles. The lowest BCUT2D eigenvalue weighted by Crippen LogP contribution is -1.71. The van der Waals surface area contributed by atoms with Crippen molar-refractivity contribution in [1.82, 2.24) is 0 Å². The molecule has 0 aliphatic rings. The molecular weight excluding hydrogens is 247 g/mol. The van der Waals surface area contributed by atoms with E-state index in [1.165, 1.54) is 11.3 Å². The van der Waals surface area contributed by atoms with Crippen molar-refractivity contribution in [1.29, 1.82) is 0 Å². The molecule has 0 radical (unpaired) electrons. The number of thiophene rings is 1. The summed E-state index contributed by atoms with van der Waals surface area (Å²) in [6.45, 7) is 0. The zero-order valence-electron chi connectivity index (χ0n) is 7.78. The van der Waals surface area contributed by atoms with Gasteiger partial charge < -0.3 is 0 Å². The van der Waals surface area contributed by atoms with Gasteiger partial charge in [-0.05, 0) is 23.8 Å². The lowest BCUT2D eigenvalue weighted by molar-refractivity contribution is 1.66. The molecule has 0 spiro atoms. The molecule has 0 nitrogen and oxygen atoms in total. The van der Waals surface area contributed by atoms with Crippen LogP contribution in [0.2, 0.25) is 4.34 Å². The minimum atomic E-state index is 0.720. The fourth-order valence-corrected chi connectivity index (χ4v) is 2.47. The third kappa shape index (κ3) is 2.85. The Morgan fingerprint density at radius 3 is 2.40 bits per heavy atom. The van der Waals surface area contributed by atoms with E-state index in [1.54, 1.807) is 0 Å². The maximum Gasteiger partial charge on any atom is 0.0935 e. The molecule has 15 heavy (non-hydrogen) atoms. The van der Waals surface area contributed by atoms with Crippen LogP contribution in [0.1, 0.15) is 10.4 Å². The van der Waals surface area contributed by atoms with Gasteiger partial charge in [0, 0.05) is 4.88 Å². The molecule has 3 heteroatoms. The lowest BCUT2D eigenvalue weighted by atomic mass is 10.2. The van der Waals surface area contributed by atoms with E-state index in [0.29, 0.717) is 0 Å². The molecule has 1 aromatic carbocycles. The van der Waals surface area contributed by atoms with Crippen LogP contribution in [0.15, 0.2) is 42.5 Å². The molecule has 2 aromatic rings. The number of halogens is 2. The van der Waals surface area contributed by atoms with E-state index in [-0.39, 0.29) is 0 Å². The van der Waals surface area contributed by atoms with Gasteiger partial charge in [0.25, 0.3) is 0 Å². The van der Waals surface area contributed by atoms with E-state index in [0.717, 1.165) is 19.8 Å². The van der Waals surface area contributed by atoms with Crippen LogP contribution in [0.5, 0.6) is 0 Å². The van der Waals surface area contributed by atoms with Crippen molar-refractivity contribution >= 4 is 45.6 Å². The normalized spacial score (nSPS) is 11.7. The third-order valence-electron chi connectivity index (χ3n) is 1.90. The molecule has 0 bridgehead atoms. The van der Waals surface area contributed by atoms with Crippen molar-refractivity contribution in [2.75, 3.05) is 0 Å². The predicted octanol–water partition coefficient (Wildman–Crippen LogP) is 5.14. The zero-order chi connectivity index (χ0) is 10.7. The van der Waals surface area contributed by atoms with Gasteiger partial charge in [-0.15, -0.1) is 11.3 Å². The Hall–Kier alpha value is -0.760. The maximum atomic E-state index is 6.17. The van der Waals surface area contributed by atoms with Crippen LogP contribution < -0.4 is 0 Å². The van der Waals surface area contributed by atoms with Crippen LogP contribution in [-0.2, 0) is 0 Å². The molecular formula is C12H8Cl2S. The van der Waals surface area contributed by atoms with E-state index in [2.05, 4.69) is 0 Å². The van der Waals surface area contributed by atoms with Crippen molar-refractivity contribution in [2.24, 2.45) is 0 Å². The molecule has 76 valence electrons. The first-order chi connectivity index (χ1) is 7.25. The standard InChI is InChI=1S/C12H8Cl2S/c13-10(11-6-7-12(14)15-11)8-9-4-2-1-3-5-9/h1-8H/b10-8-. The van der Waals surface area contributed by atoms with Gasteiger partial charge in [-0.2, -0.15) is 0 Å². The number of rotatable bonds is 2. The highest BCUT2D eigenvalue weighted by Gasteiger charge is 2.01. The summed E-state index contributed by atoms with van der Waals surface area (Å²) in [5.41, 5.74) is 1.09. The van der Waals surface area contributed by atoms with Crippen LogP contribution >= 0.6 is 34.5 Å². The molecule has 0 aliphatic heterocycles. The molecule has 0 amide bonds. The molecule has 1 heterocycles. The van der Waals surface area contributed by atoms with Gasteiger partial charge >= 0.3 is 0 Å². The summed E-state index contributed by atoms with van der Waals surface area (Å²) < 4.78 is 0.754. The average molecular weight is 255 g/mol. The van der Waals surface area contributed by atoms with E-state index >= 15 is 0 Å². The highest BCUT2D eigenvalue weighted by molar-refractivity contribution is 7.17. The van der Waals surface area contributed by atoms with Crippen LogP contribution in [0.3, 0.4) is 0 Å². The van der Waals surface area contributed by atoms with Crippen molar-refractivity contribution in [3.63, 3.8) is 0 Å². The van der Waals surface area contributed by atoms with Gasteiger partial charge in [0.1, 0.15) is 0 Å². The second kappa shape index (κ2) is 4.84. The van der Waals surface area contributed by atoms with Crippen LogP contribution in [0, 0.1) is 0 Å². The second-order valence-electron chi connectivity index (χ2n) is 3.01. The van der Waals surface area contributed by atoms with Crippen molar-refractivity contribution in [3.05, 3.63) is 57.2 Å². The first-order valence-electron chi connectivity index (χ1n) is 4.43. The van der Waals surface area contributed by atoms with Gasteiger partial charge in [-0.1, -0.05) is 53.5 Å². The Kier molecular flexibility index (Phi) is 3.47. The Morgan fingerprint density at radius 2 is 1.80 bits per heavy atom. The molecule has 0 fully saturated rings. The topological polar surface area (TPSA) is 0 Å². The first-order valence-corrected chi connectivity index (χ1v) is 6.01. The van der Waals surface area contributed by atoms with Gasteiger partial charge in [0.05, 0.1) is 9.37 Å². The van der Waals surface area contributed by atoms with Crippen molar-refractivity contribution in [3.8, 4) is 0 Å². The van der Waals surface area contributed by atoms with E-state index in [4.69, 9.17) is 23.2 Å². The summed E-state index contributed by atoms with van der Waals surface area (Å²) in [6.07, 6.45) is 1.93. The molecule has 0 N–H and O–H groups in total. The van der Waals surface area contributed by atoms with Gasteiger partial charge in [0.15, 0.2) is 0 Å². The minimum absolute atomic E-state index is 0.720. The van der Waals surface area contributed by atoms with Crippen molar-refractivity contribution < 1.29 is 0 Å². The van der Waals surface area contributed by atoms with Gasteiger partial charge in [0.2, 0.25) is 0 Å². The Labute approximate surface area is 103 Å². The summed E-state index contributed by atoms with van der Waals surface area (Å²) in [5.74, 6) is 0. The fraction of sp³-hybridized carbons (Fsp3) is 0. The average Bonchev–Trinajstić information content (AvgIpc) is 2.66. The monoisotopic (exact) mass is 254 g/mol.